The second-order valence-corrected chi connectivity index (χ2v) is 7.49. The number of nitrogens with zero attached hydrogens (tertiary/aromatic N) is 5. The molecule has 1 aliphatic heterocycles. The number of carbonyl (C=O) groups is 2. The number of hydrogen-bond acceptors (Lipinski definition) is 6. The third-order valence-electron chi connectivity index (χ3n) is 5.36. The van der Waals surface area contributed by atoms with Crippen molar-refractivity contribution in [3.05, 3.63) is 78.6 Å². The number of anilines is 1. The summed E-state index contributed by atoms with van der Waals surface area (Å²) in [4.78, 5) is 35.6. The number of carbonyl (C=O) groups excluding carboxylic acids is 2. The zero-order valence-corrected chi connectivity index (χ0v) is 17.3. The Morgan fingerprint density at radius 1 is 1.18 bits per heavy atom. The highest BCUT2D eigenvalue weighted by Gasteiger charge is 2.32. The van der Waals surface area contributed by atoms with Gasteiger partial charge in [0.2, 0.25) is 5.82 Å². The fourth-order valence-corrected chi connectivity index (χ4v) is 3.75. The van der Waals surface area contributed by atoms with Crippen LogP contribution in [0.1, 0.15) is 23.6 Å². The fraction of sp³-hybridized carbons (Fsp3) is 0.208. The maximum Gasteiger partial charge on any atom is 0.291 e. The number of pyridine rings is 1. The molecular weight excluding hydrogens is 420 g/mol. The molecule has 0 radical (unpaired) electrons. The second kappa shape index (κ2) is 9.07. The average molecular weight is 444 g/mol. The molecule has 0 spiro atoms. The first-order chi connectivity index (χ1) is 15.6. The smallest absolute Gasteiger partial charge is 0.291 e. The van der Waals surface area contributed by atoms with Crippen LogP contribution in [-0.4, -0.2) is 51.3 Å². The van der Waals surface area contributed by atoms with Gasteiger partial charge in [0.15, 0.2) is 0 Å². The molecule has 5 rings (SSSR count). The van der Waals surface area contributed by atoms with Crippen LogP contribution in [0.4, 0.5) is 5.69 Å². The normalized spacial score (nSPS) is 15.2. The van der Waals surface area contributed by atoms with Crippen LogP contribution in [0.2, 0.25) is 0 Å². The van der Waals surface area contributed by atoms with E-state index in [0.717, 1.165) is 16.3 Å². The van der Waals surface area contributed by atoms with Gasteiger partial charge in [-0.15, -0.1) is 5.10 Å². The minimum Gasteiger partial charge on any atom is -0.489 e. The van der Waals surface area contributed by atoms with Gasteiger partial charge in [-0.25, -0.2) is 9.67 Å². The molecule has 0 saturated heterocycles. The maximum absolute atomic E-state index is 13.1. The van der Waals surface area contributed by atoms with Crippen LogP contribution in [-0.2, 0) is 11.3 Å². The Bertz CT molecular complexity index is 1300. The van der Waals surface area contributed by atoms with E-state index >= 15 is 0 Å². The highest BCUT2D eigenvalue weighted by Crippen LogP contribution is 2.37. The maximum atomic E-state index is 13.1. The highest BCUT2D eigenvalue weighted by molar-refractivity contribution is 6.09. The Balaban J connectivity index is 0.00000259. The van der Waals surface area contributed by atoms with Crippen molar-refractivity contribution in [2.45, 2.75) is 20.0 Å². The number of likely N-dealkylation sites (N-methyl/N-ethyl adjacent to an activating group) is 1. The summed E-state index contributed by atoms with van der Waals surface area (Å²) in [6, 6.07) is 14.4. The van der Waals surface area contributed by atoms with E-state index in [1.165, 1.54) is 11.2 Å². The third-order valence-corrected chi connectivity index (χ3v) is 5.36. The summed E-state index contributed by atoms with van der Waals surface area (Å²) in [5.41, 5.74) is 1.69. The molecule has 0 fully saturated rings. The molecule has 0 aliphatic carbocycles. The highest BCUT2D eigenvalue weighted by atomic mass is 16.5. The zero-order chi connectivity index (χ0) is 22.1. The van der Waals surface area contributed by atoms with E-state index in [4.69, 9.17) is 4.74 Å². The summed E-state index contributed by atoms with van der Waals surface area (Å²) in [5.74, 6) is -0.256. The Labute approximate surface area is 191 Å². The number of amides is 2. The molecule has 9 heteroatoms. The van der Waals surface area contributed by atoms with Gasteiger partial charge in [-0.1, -0.05) is 37.8 Å². The van der Waals surface area contributed by atoms with Gasteiger partial charge in [0.05, 0.1) is 12.2 Å². The van der Waals surface area contributed by atoms with Crippen LogP contribution < -0.4 is 15.0 Å². The minimum atomic E-state index is -0.877. The lowest BCUT2D eigenvalue weighted by Crippen LogP contribution is -2.49. The predicted octanol–water partition coefficient (Wildman–Crippen LogP) is 2.66. The van der Waals surface area contributed by atoms with Crippen molar-refractivity contribution in [1.29, 1.82) is 0 Å². The minimum absolute atomic E-state index is 0. The number of fused-ring (bicyclic) bond motifs is 3. The molecule has 0 saturated carbocycles. The zero-order valence-electron chi connectivity index (χ0n) is 17.3. The molecule has 168 valence electrons. The molecule has 2 amide bonds. The van der Waals surface area contributed by atoms with E-state index in [-0.39, 0.29) is 25.8 Å². The molecule has 2 aromatic carbocycles. The van der Waals surface area contributed by atoms with Crippen molar-refractivity contribution >= 4 is 28.3 Å². The Morgan fingerprint density at radius 2 is 2.00 bits per heavy atom. The lowest BCUT2D eigenvalue weighted by molar-refractivity contribution is -0.120. The fourth-order valence-electron chi connectivity index (χ4n) is 3.75. The van der Waals surface area contributed by atoms with Gasteiger partial charge >= 0.3 is 0 Å². The summed E-state index contributed by atoms with van der Waals surface area (Å²) >= 11 is 0. The molecule has 1 N–H and O–H groups in total. The summed E-state index contributed by atoms with van der Waals surface area (Å²) < 4.78 is 7.47. The number of hydrogen-bond donors (Lipinski definition) is 1. The van der Waals surface area contributed by atoms with Gasteiger partial charge < -0.3 is 15.0 Å². The van der Waals surface area contributed by atoms with E-state index in [9.17, 15) is 9.59 Å². The molecule has 4 aromatic rings. The van der Waals surface area contributed by atoms with Gasteiger partial charge in [-0.05, 0) is 23.8 Å². The average Bonchev–Trinajstić information content (AvgIpc) is 3.25. The molecule has 2 aromatic heterocycles. The summed E-state index contributed by atoms with van der Waals surface area (Å²) in [7, 11) is 1.67. The van der Waals surface area contributed by atoms with Crippen molar-refractivity contribution in [1.82, 2.24) is 25.1 Å². The summed E-state index contributed by atoms with van der Waals surface area (Å²) in [6.07, 6.45) is 4.90. The van der Waals surface area contributed by atoms with Crippen LogP contribution in [0, 0.1) is 0 Å². The van der Waals surface area contributed by atoms with Crippen molar-refractivity contribution in [3.8, 4) is 5.75 Å². The van der Waals surface area contributed by atoms with Crippen LogP contribution >= 0.6 is 0 Å². The van der Waals surface area contributed by atoms with E-state index in [1.807, 2.05) is 42.5 Å². The molecule has 1 aliphatic rings. The molecule has 0 bridgehead atoms. The van der Waals surface area contributed by atoms with Gasteiger partial charge in [0.25, 0.3) is 11.8 Å². The van der Waals surface area contributed by atoms with E-state index in [2.05, 4.69) is 20.4 Å². The van der Waals surface area contributed by atoms with E-state index < -0.39 is 11.9 Å². The first-order valence-electron chi connectivity index (χ1n) is 10.1. The van der Waals surface area contributed by atoms with Crippen LogP contribution in [0.25, 0.3) is 10.8 Å². The first-order valence-corrected chi connectivity index (χ1v) is 10.1. The first kappa shape index (κ1) is 21.9. The summed E-state index contributed by atoms with van der Waals surface area (Å²) in [5, 5.41) is 8.69. The number of aromatic nitrogens is 4. The third kappa shape index (κ3) is 4.25. The Hall–Kier alpha value is -4.27. The lowest BCUT2D eigenvalue weighted by atomic mass is 10.1. The molecular formula is C24H24N6O3. The predicted molar refractivity (Wildman–Crippen MR) is 124 cm³/mol. The summed E-state index contributed by atoms with van der Waals surface area (Å²) in [6.45, 7) is 0.496. The standard InChI is InChI=1S/C23H20N6O3.CH4/c1-28-20-17-9-10-24-11-16(17)7-8-19(20)32-13-18(23(28)31)26-22(30)21-25-14-29(27-21)12-15-5-3-2-4-6-15;/h2-11,14,18H,12-13H2,1H3,(H,26,30);1H4/t18-;/m0./s1. The molecule has 9 nitrogen and oxygen atoms in total. The number of benzene rings is 2. The molecule has 0 unspecified atom stereocenters. The van der Waals surface area contributed by atoms with Crippen molar-refractivity contribution in [2.75, 3.05) is 18.6 Å². The Morgan fingerprint density at radius 3 is 2.82 bits per heavy atom. The van der Waals surface area contributed by atoms with Gasteiger partial charge in [0.1, 0.15) is 24.7 Å². The number of ether oxygens (including phenoxy) is 1. The molecule has 33 heavy (non-hydrogen) atoms. The van der Waals surface area contributed by atoms with Gasteiger partial charge in [0, 0.05) is 30.2 Å². The monoisotopic (exact) mass is 444 g/mol. The van der Waals surface area contributed by atoms with Crippen molar-refractivity contribution in [2.24, 2.45) is 0 Å². The SMILES string of the molecule is C.CN1C(=O)[C@@H](NC(=O)c2ncn(Cc3ccccc3)n2)COc2ccc3cnccc3c21. The molecule has 3 heterocycles. The van der Waals surface area contributed by atoms with Gasteiger partial charge in [-0.3, -0.25) is 14.6 Å². The van der Waals surface area contributed by atoms with Crippen LogP contribution in [0.15, 0.2) is 67.3 Å². The van der Waals surface area contributed by atoms with Gasteiger partial charge in [-0.2, -0.15) is 0 Å². The van der Waals surface area contributed by atoms with Crippen molar-refractivity contribution in [3.63, 3.8) is 0 Å². The van der Waals surface area contributed by atoms with Crippen LogP contribution in [0.5, 0.6) is 5.75 Å². The van der Waals surface area contributed by atoms with E-state index in [0.29, 0.717) is 18.0 Å². The number of rotatable bonds is 4. The number of nitrogens with one attached hydrogen (secondary N) is 1. The second-order valence-electron chi connectivity index (χ2n) is 7.49. The lowest BCUT2D eigenvalue weighted by Gasteiger charge is -2.21. The largest absolute Gasteiger partial charge is 0.489 e. The van der Waals surface area contributed by atoms with Crippen molar-refractivity contribution < 1.29 is 14.3 Å². The van der Waals surface area contributed by atoms with Crippen LogP contribution in [0.3, 0.4) is 0 Å². The quantitative estimate of drug-likeness (QED) is 0.519. The topological polar surface area (TPSA) is 102 Å². The Kier molecular flexibility index (Phi) is 6.03. The molecule has 1 atom stereocenters. The van der Waals surface area contributed by atoms with E-state index in [1.54, 1.807) is 30.2 Å².